The minimum absolute atomic E-state index is 0.137. The molecule has 1 aromatic carbocycles. The van der Waals surface area contributed by atoms with E-state index in [1.165, 1.54) is 11.1 Å². The number of hydrogen-bond donors (Lipinski definition) is 0. The number of carbonyl (C=O) groups excluding carboxylic acids is 1. The van der Waals surface area contributed by atoms with Gasteiger partial charge in [0.15, 0.2) is 0 Å². The molecule has 0 radical (unpaired) electrons. The van der Waals surface area contributed by atoms with Gasteiger partial charge in [0, 0.05) is 0 Å². The van der Waals surface area contributed by atoms with Crippen LogP contribution in [-0.4, -0.2) is 12.6 Å². The van der Waals surface area contributed by atoms with Gasteiger partial charge in [0.05, 0.1) is 13.0 Å². The second kappa shape index (κ2) is 5.69. The SMILES string of the molecule is Cc1cccc(CC(=O)OCC(C)C)c1C. The van der Waals surface area contributed by atoms with E-state index in [1.54, 1.807) is 0 Å². The summed E-state index contributed by atoms with van der Waals surface area (Å²) >= 11 is 0. The Morgan fingerprint density at radius 2 is 2.00 bits per heavy atom. The summed E-state index contributed by atoms with van der Waals surface area (Å²) in [5.41, 5.74) is 3.46. The number of rotatable bonds is 4. The standard InChI is InChI=1S/C14H20O2/c1-10(2)9-16-14(15)8-13-7-5-6-11(3)12(13)4/h5-7,10H,8-9H2,1-4H3. The van der Waals surface area contributed by atoms with Gasteiger partial charge in [-0.15, -0.1) is 0 Å². The van der Waals surface area contributed by atoms with E-state index in [0.29, 0.717) is 18.9 Å². The summed E-state index contributed by atoms with van der Waals surface area (Å²) in [4.78, 5) is 11.6. The topological polar surface area (TPSA) is 26.3 Å². The molecule has 1 rings (SSSR count). The van der Waals surface area contributed by atoms with Gasteiger partial charge < -0.3 is 4.74 Å². The number of benzene rings is 1. The highest BCUT2D eigenvalue weighted by Crippen LogP contribution is 2.13. The van der Waals surface area contributed by atoms with E-state index in [9.17, 15) is 4.79 Å². The summed E-state index contributed by atoms with van der Waals surface area (Å²) < 4.78 is 5.16. The zero-order chi connectivity index (χ0) is 12.1. The number of ether oxygens (including phenoxy) is 1. The van der Waals surface area contributed by atoms with Gasteiger partial charge in [0.1, 0.15) is 0 Å². The van der Waals surface area contributed by atoms with Crippen LogP contribution in [0.25, 0.3) is 0 Å². The van der Waals surface area contributed by atoms with E-state index < -0.39 is 0 Å². The van der Waals surface area contributed by atoms with Crippen molar-refractivity contribution in [2.75, 3.05) is 6.61 Å². The van der Waals surface area contributed by atoms with Gasteiger partial charge in [-0.05, 0) is 36.5 Å². The lowest BCUT2D eigenvalue weighted by Crippen LogP contribution is -2.13. The Kier molecular flexibility index (Phi) is 4.53. The molecule has 0 aliphatic heterocycles. The lowest BCUT2D eigenvalue weighted by atomic mass is 10.0. The summed E-state index contributed by atoms with van der Waals surface area (Å²) in [7, 11) is 0. The highest BCUT2D eigenvalue weighted by atomic mass is 16.5. The highest BCUT2D eigenvalue weighted by molar-refractivity contribution is 5.73. The van der Waals surface area contributed by atoms with Crippen LogP contribution in [0.3, 0.4) is 0 Å². The number of carbonyl (C=O) groups is 1. The second-order valence-corrected chi connectivity index (χ2v) is 4.61. The minimum Gasteiger partial charge on any atom is -0.465 e. The maximum absolute atomic E-state index is 11.6. The summed E-state index contributed by atoms with van der Waals surface area (Å²) in [6, 6.07) is 6.02. The monoisotopic (exact) mass is 220 g/mol. The Bertz CT molecular complexity index is 367. The fraction of sp³-hybridized carbons (Fsp3) is 0.500. The van der Waals surface area contributed by atoms with Crippen LogP contribution in [0.4, 0.5) is 0 Å². The molecule has 0 atom stereocenters. The molecule has 0 aromatic heterocycles. The molecule has 0 fully saturated rings. The van der Waals surface area contributed by atoms with Gasteiger partial charge in [-0.2, -0.15) is 0 Å². The van der Waals surface area contributed by atoms with Gasteiger partial charge >= 0.3 is 5.97 Å². The van der Waals surface area contributed by atoms with Crippen molar-refractivity contribution < 1.29 is 9.53 Å². The zero-order valence-electron chi connectivity index (χ0n) is 10.5. The first kappa shape index (κ1) is 12.8. The van der Waals surface area contributed by atoms with Crippen LogP contribution in [0.1, 0.15) is 30.5 Å². The molecular formula is C14H20O2. The molecule has 2 heteroatoms. The second-order valence-electron chi connectivity index (χ2n) is 4.61. The fourth-order valence-electron chi connectivity index (χ4n) is 1.47. The Morgan fingerprint density at radius 1 is 1.31 bits per heavy atom. The van der Waals surface area contributed by atoms with E-state index in [4.69, 9.17) is 4.74 Å². The van der Waals surface area contributed by atoms with Gasteiger partial charge in [-0.1, -0.05) is 32.0 Å². The smallest absolute Gasteiger partial charge is 0.310 e. The van der Waals surface area contributed by atoms with E-state index >= 15 is 0 Å². The zero-order valence-corrected chi connectivity index (χ0v) is 10.5. The van der Waals surface area contributed by atoms with E-state index in [2.05, 4.69) is 13.0 Å². The van der Waals surface area contributed by atoms with Crippen molar-refractivity contribution in [3.63, 3.8) is 0 Å². The van der Waals surface area contributed by atoms with Gasteiger partial charge in [-0.25, -0.2) is 0 Å². The van der Waals surface area contributed by atoms with Crippen LogP contribution in [-0.2, 0) is 16.0 Å². The van der Waals surface area contributed by atoms with Crippen LogP contribution >= 0.6 is 0 Å². The molecular weight excluding hydrogens is 200 g/mol. The highest BCUT2D eigenvalue weighted by Gasteiger charge is 2.08. The maximum Gasteiger partial charge on any atom is 0.310 e. The van der Waals surface area contributed by atoms with Crippen LogP contribution in [0, 0.1) is 19.8 Å². The Hall–Kier alpha value is -1.31. The lowest BCUT2D eigenvalue weighted by molar-refractivity contribution is -0.143. The van der Waals surface area contributed by atoms with Crippen LogP contribution in [0.5, 0.6) is 0 Å². The molecule has 0 saturated heterocycles. The number of hydrogen-bond acceptors (Lipinski definition) is 2. The third-order valence-corrected chi connectivity index (χ3v) is 2.63. The molecule has 0 N–H and O–H groups in total. The van der Waals surface area contributed by atoms with Crippen molar-refractivity contribution >= 4 is 5.97 Å². The summed E-state index contributed by atoms with van der Waals surface area (Å²) in [5.74, 6) is 0.255. The van der Waals surface area contributed by atoms with Crippen molar-refractivity contribution in [1.82, 2.24) is 0 Å². The number of aryl methyl sites for hydroxylation is 1. The first-order chi connectivity index (χ1) is 7.50. The van der Waals surface area contributed by atoms with Crippen molar-refractivity contribution in [1.29, 1.82) is 0 Å². The molecule has 0 unspecified atom stereocenters. The summed E-state index contributed by atoms with van der Waals surface area (Å²) in [6.07, 6.45) is 0.375. The molecule has 0 amide bonds. The molecule has 1 aromatic rings. The largest absolute Gasteiger partial charge is 0.465 e. The van der Waals surface area contributed by atoms with E-state index in [0.717, 1.165) is 5.56 Å². The maximum atomic E-state index is 11.6. The minimum atomic E-state index is -0.137. The van der Waals surface area contributed by atoms with Gasteiger partial charge in [0.2, 0.25) is 0 Å². The van der Waals surface area contributed by atoms with E-state index in [-0.39, 0.29) is 5.97 Å². The van der Waals surface area contributed by atoms with Crippen molar-refractivity contribution in [2.24, 2.45) is 5.92 Å². The molecule has 2 nitrogen and oxygen atoms in total. The predicted octanol–water partition coefficient (Wildman–Crippen LogP) is 3.05. The first-order valence-electron chi connectivity index (χ1n) is 5.71. The average molecular weight is 220 g/mol. The number of esters is 1. The molecule has 0 heterocycles. The van der Waals surface area contributed by atoms with E-state index in [1.807, 2.05) is 32.9 Å². The molecule has 0 bridgehead atoms. The Morgan fingerprint density at radius 3 is 2.62 bits per heavy atom. The summed E-state index contributed by atoms with van der Waals surface area (Å²) in [6.45, 7) is 8.67. The third kappa shape index (κ3) is 3.69. The van der Waals surface area contributed by atoms with Crippen LogP contribution in [0.15, 0.2) is 18.2 Å². The molecule has 0 spiro atoms. The quantitative estimate of drug-likeness (QED) is 0.729. The van der Waals surface area contributed by atoms with Gasteiger partial charge in [0.25, 0.3) is 0 Å². The third-order valence-electron chi connectivity index (χ3n) is 2.63. The Labute approximate surface area is 97.6 Å². The molecule has 0 saturated carbocycles. The first-order valence-corrected chi connectivity index (χ1v) is 5.71. The predicted molar refractivity (Wildman–Crippen MR) is 65.4 cm³/mol. The van der Waals surface area contributed by atoms with Gasteiger partial charge in [-0.3, -0.25) is 4.79 Å². The summed E-state index contributed by atoms with van der Waals surface area (Å²) in [5, 5.41) is 0. The molecule has 0 aliphatic carbocycles. The van der Waals surface area contributed by atoms with Crippen molar-refractivity contribution in [3.05, 3.63) is 34.9 Å². The molecule has 0 aliphatic rings. The average Bonchev–Trinajstić information content (AvgIpc) is 2.22. The lowest BCUT2D eigenvalue weighted by Gasteiger charge is -2.10. The molecule has 16 heavy (non-hydrogen) atoms. The van der Waals surface area contributed by atoms with Crippen molar-refractivity contribution in [3.8, 4) is 0 Å². The van der Waals surface area contributed by atoms with Crippen LogP contribution in [0.2, 0.25) is 0 Å². The fourth-order valence-corrected chi connectivity index (χ4v) is 1.47. The molecule has 88 valence electrons. The Balaban J connectivity index is 2.59. The van der Waals surface area contributed by atoms with Crippen LogP contribution < -0.4 is 0 Å². The van der Waals surface area contributed by atoms with Crippen molar-refractivity contribution in [2.45, 2.75) is 34.1 Å². The normalized spacial score (nSPS) is 10.6.